The van der Waals surface area contributed by atoms with E-state index >= 15 is 0 Å². The molecule has 0 aromatic carbocycles. The maximum Gasteiger partial charge on any atom is 0.186 e. The average molecular weight is 546 g/mol. The Labute approximate surface area is 209 Å². The molecule has 0 aromatic heterocycles. The Morgan fingerprint density at radius 3 is 1.51 bits per heavy atom. The van der Waals surface area contributed by atoms with Crippen LogP contribution in [0.4, 0.5) is 0 Å². The lowest BCUT2D eigenvalue weighted by molar-refractivity contribution is -0.359. The minimum atomic E-state index is -1.72. The minimum Gasteiger partial charge on any atom is -0.388 e. The third-order valence-electron chi connectivity index (χ3n) is 6.68. The summed E-state index contributed by atoms with van der Waals surface area (Å²) in [5, 5.41) is 100. The molecule has 4 heterocycles. The fourth-order valence-electron chi connectivity index (χ4n) is 4.37. The molecular weight excluding hydrogens is 512 g/mol. The van der Waals surface area contributed by atoms with Crippen LogP contribution >= 0.6 is 0 Å². The van der Waals surface area contributed by atoms with Gasteiger partial charge in [-0.15, -0.1) is 0 Å². The van der Waals surface area contributed by atoms with E-state index in [0.29, 0.717) is 0 Å². The standard InChI is InChI=1S/C20H34O17/c21-5-1-32-19(13(27)9(5)23)37-16-6(22)2-33-20(15(16)29)36-8-4-34-18(14(28)11(8)25)35-7-3-31-17(30)12(26)10(7)24/h5-30H,1-4H2/t5-,6+,7+,8+,9-,10-,11-,12+,13+,14+,15+,16-,17+,18-,19-,20-/m0/s1. The summed E-state index contributed by atoms with van der Waals surface area (Å²) in [7, 11) is 0. The van der Waals surface area contributed by atoms with Gasteiger partial charge in [-0.3, -0.25) is 0 Å². The number of ether oxygens (including phenoxy) is 7. The zero-order chi connectivity index (χ0) is 27.0. The van der Waals surface area contributed by atoms with Crippen LogP contribution in [-0.2, 0) is 33.2 Å². The van der Waals surface area contributed by atoms with Crippen molar-refractivity contribution in [3.05, 3.63) is 0 Å². The molecule has 216 valence electrons. The topological polar surface area (TPSA) is 267 Å². The Hall–Kier alpha value is -0.680. The van der Waals surface area contributed by atoms with Crippen molar-refractivity contribution in [3.8, 4) is 0 Å². The van der Waals surface area contributed by atoms with Crippen molar-refractivity contribution >= 4 is 0 Å². The molecule has 37 heavy (non-hydrogen) atoms. The van der Waals surface area contributed by atoms with Gasteiger partial charge in [-0.1, -0.05) is 0 Å². The predicted octanol–water partition coefficient (Wildman–Crippen LogP) is -7.19. The number of hydrogen-bond donors (Lipinski definition) is 10. The molecular formula is C20H34O17. The Balaban J connectivity index is 1.32. The second-order valence-corrected chi connectivity index (χ2v) is 9.35. The Kier molecular flexibility index (Phi) is 9.69. The van der Waals surface area contributed by atoms with E-state index < -0.39 is 105 Å². The van der Waals surface area contributed by atoms with Crippen molar-refractivity contribution in [1.29, 1.82) is 0 Å². The largest absolute Gasteiger partial charge is 0.388 e. The van der Waals surface area contributed by atoms with E-state index in [-0.39, 0.29) is 19.8 Å². The molecule has 0 radical (unpaired) electrons. The molecule has 0 spiro atoms. The first-order chi connectivity index (χ1) is 17.5. The first-order valence-corrected chi connectivity index (χ1v) is 11.7. The van der Waals surface area contributed by atoms with Crippen molar-refractivity contribution in [2.75, 3.05) is 26.4 Å². The monoisotopic (exact) mass is 546 g/mol. The van der Waals surface area contributed by atoms with Crippen LogP contribution in [0.5, 0.6) is 0 Å². The summed E-state index contributed by atoms with van der Waals surface area (Å²) in [4.78, 5) is 0. The molecule has 4 rings (SSSR count). The zero-order valence-corrected chi connectivity index (χ0v) is 19.4. The summed E-state index contributed by atoms with van der Waals surface area (Å²) >= 11 is 0. The molecule has 0 bridgehead atoms. The van der Waals surface area contributed by atoms with Crippen molar-refractivity contribution in [2.24, 2.45) is 0 Å². The molecule has 4 fully saturated rings. The van der Waals surface area contributed by atoms with Crippen LogP contribution in [0.2, 0.25) is 0 Å². The van der Waals surface area contributed by atoms with Crippen molar-refractivity contribution < 1.29 is 84.2 Å². The predicted molar refractivity (Wildman–Crippen MR) is 110 cm³/mol. The van der Waals surface area contributed by atoms with Gasteiger partial charge in [-0.05, 0) is 0 Å². The molecule has 0 aliphatic carbocycles. The van der Waals surface area contributed by atoms with E-state index in [2.05, 4.69) is 0 Å². The SMILES string of the molecule is O[C@@H]1[C@@H](O)[C@H](O[C@@H]2OC[C@@H](O[C@@H]3OC[C@@H](O)[C@H](O[C@@H]4OC[C@H](O)[C@H](O)[C@H]4O)[C@H]3O)[C@H](O)[C@H]2O)CO[C@H]1O. The van der Waals surface area contributed by atoms with Gasteiger partial charge in [0.25, 0.3) is 0 Å². The van der Waals surface area contributed by atoms with Gasteiger partial charge in [0.05, 0.1) is 26.4 Å². The van der Waals surface area contributed by atoms with Crippen LogP contribution in [0.25, 0.3) is 0 Å². The van der Waals surface area contributed by atoms with Crippen LogP contribution in [0.15, 0.2) is 0 Å². The van der Waals surface area contributed by atoms with E-state index in [1.165, 1.54) is 0 Å². The highest BCUT2D eigenvalue weighted by molar-refractivity contribution is 4.91. The first-order valence-electron chi connectivity index (χ1n) is 11.7. The van der Waals surface area contributed by atoms with Gasteiger partial charge in [0, 0.05) is 0 Å². The van der Waals surface area contributed by atoms with Crippen molar-refractivity contribution in [2.45, 2.75) is 98.4 Å². The van der Waals surface area contributed by atoms with Crippen LogP contribution in [0.3, 0.4) is 0 Å². The summed E-state index contributed by atoms with van der Waals surface area (Å²) in [6.07, 6.45) is -24.2. The number of aliphatic hydroxyl groups excluding tert-OH is 10. The average Bonchev–Trinajstić information content (AvgIpc) is 2.87. The fourth-order valence-corrected chi connectivity index (χ4v) is 4.37. The quantitative estimate of drug-likeness (QED) is 0.148. The van der Waals surface area contributed by atoms with E-state index in [1.54, 1.807) is 0 Å². The molecule has 17 nitrogen and oxygen atoms in total. The fraction of sp³-hybridized carbons (Fsp3) is 1.00. The summed E-state index contributed by atoms with van der Waals surface area (Å²) < 4.78 is 37.1. The Morgan fingerprint density at radius 2 is 0.865 bits per heavy atom. The van der Waals surface area contributed by atoms with E-state index in [1.807, 2.05) is 0 Å². The van der Waals surface area contributed by atoms with Gasteiger partial charge in [-0.2, -0.15) is 0 Å². The van der Waals surface area contributed by atoms with Gasteiger partial charge < -0.3 is 84.2 Å². The maximum absolute atomic E-state index is 10.7. The van der Waals surface area contributed by atoms with Crippen LogP contribution in [-0.4, -0.2) is 176 Å². The van der Waals surface area contributed by atoms with Gasteiger partial charge in [-0.25, -0.2) is 0 Å². The molecule has 10 N–H and O–H groups in total. The lowest BCUT2D eigenvalue weighted by Gasteiger charge is -2.44. The second kappa shape index (κ2) is 12.2. The molecule has 4 aliphatic rings. The maximum atomic E-state index is 10.7. The third kappa shape index (κ3) is 6.23. The zero-order valence-electron chi connectivity index (χ0n) is 19.4. The van der Waals surface area contributed by atoms with Gasteiger partial charge >= 0.3 is 0 Å². The second-order valence-electron chi connectivity index (χ2n) is 9.35. The lowest BCUT2D eigenvalue weighted by atomic mass is 10.0. The first kappa shape index (κ1) is 29.3. The molecule has 4 saturated heterocycles. The normalized spacial score (nSPS) is 53.7. The summed E-state index contributed by atoms with van der Waals surface area (Å²) in [6, 6.07) is 0. The van der Waals surface area contributed by atoms with E-state index in [9.17, 15) is 51.1 Å². The molecule has 0 unspecified atom stereocenters. The summed E-state index contributed by atoms with van der Waals surface area (Å²) in [5.41, 5.74) is 0. The number of aliphatic hydroxyl groups is 10. The highest BCUT2D eigenvalue weighted by Gasteiger charge is 2.49. The number of rotatable bonds is 6. The highest BCUT2D eigenvalue weighted by atomic mass is 16.8. The molecule has 0 amide bonds. The molecule has 0 aromatic rings. The van der Waals surface area contributed by atoms with Crippen LogP contribution in [0.1, 0.15) is 0 Å². The third-order valence-corrected chi connectivity index (χ3v) is 6.68. The van der Waals surface area contributed by atoms with Crippen LogP contribution in [0, 0.1) is 0 Å². The van der Waals surface area contributed by atoms with E-state index in [4.69, 9.17) is 33.2 Å². The Morgan fingerprint density at radius 1 is 0.405 bits per heavy atom. The lowest BCUT2D eigenvalue weighted by Crippen LogP contribution is -2.63. The molecule has 0 saturated carbocycles. The number of hydrogen-bond acceptors (Lipinski definition) is 17. The smallest absolute Gasteiger partial charge is 0.186 e. The van der Waals surface area contributed by atoms with Crippen molar-refractivity contribution in [1.82, 2.24) is 0 Å². The van der Waals surface area contributed by atoms with Gasteiger partial charge in [0.1, 0.15) is 73.2 Å². The molecule has 16 atom stereocenters. The summed E-state index contributed by atoms with van der Waals surface area (Å²) in [6.45, 7) is -1.48. The molecule has 17 heteroatoms. The van der Waals surface area contributed by atoms with Crippen LogP contribution < -0.4 is 0 Å². The van der Waals surface area contributed by atoms with Crippen molar-refractivity contribution in [3.63, 3.8) is 0 Å². The minimum absolute atomic E-state index is 0.330. The highest BCUT2D eigenvalue weighted by Crippen LogP contribution is 2.29. The molecule has 4 aliphatic heterocycles. The van der Waals surface area contributed by atoms with E-state index in [0.717, 1.165) is 0 Å². The Bertz CT molecular complexity index is 731. The van der Waals surface area contributed by atoms with Gasteiger partial charge in [0.15, 0.2) is 25.2 Å². The van der Waals surface area contributed by atoms with Gasteiger partial charge in [0.2, 0.25) is 0 Å². The summed E-state index contributed by atoms with van der Waals surface area (Å²) in [5.74, 6) is 0.